The van der Waals surface area contributed by atoms with E-state index < -0.39 is 5.97 Å². The Balaban J connectivity index is 1.34. The summed E-state index contributed by atoms with van der Waals surface area (Å²) in [5.74, 6) is 1.35. The zero-order chi connectivity index (χ0) is 22.3. The van der Waals surface area contributed by atoms with Crippen LogP contribution in [0.2, 0.25) is 0 Å². The van der Waals surface area contributed by atoms with Gasteiger partial charge in [-0.25, -0.2) is 9.97 Å². The van der Waals surface area contributed by atoms with Crippen molar-refractivity contribution in [2.24, 2.45) is 16.1 Å². The zero-order valence-electron chi connectivity index (χ0n) is 18.4. The maximum atomic E-state index is 11.3. The average molecular weight is 436 g/mol. The Hall–Kier alpha value is -3.07. The number of hydrogen-bond acceptors (Lipinski definition) is 8. The minimum Gasteiger partial charge on any atom is -0.481 e. The van der Waals surface area contributed by atoms with Gasteiger partial charge < -0.3 is 20.6 Å². The Morgan fingerprint density at radius 3 is 2.84 bits per heavy atom. The highest BCUT2D eigenvalue weighted by Gasteiger charge is 2.37. The molecule has 1 saturated heterocycles. The molecular weight excluding hydrogens is 406 g/mol. The molecule has 0 radical (unpaired) electrons. The highest BCUT2D eigenvalue weighted by Crippen LogP contribution is 2.37. The molecule has 3 aliphatic rings. The van der Waals surface area contributed by atoms with Gasteiger partial charge in [-0.05, 0) is 43.4 Å². The molecule has 3 aliphatic heterocycles. The molecule has 9 heteroatoms. The van der Waals surface area contributed by atoms with Crippen molar-refractivity contribution in [1.82, 2.24) is 15.0 Å². The Labute approximate surface area is 187 Å². The van der Waals surface area contributed by atoms with E-state index in [4.69, 9.17) is 20.7 Å². The summed E-state index contributed by atoms with van der Waals surface area (Å²) in [6.07, 6.45) is 6.30. The first-order chi connectivity index (χ1) is 15.5. The number of anilines is 2. The van der Waals surface area contributed by atoms with E-state index in [-0.39, 0.29) is 11.8 Å². The van der Waals surface area contributed by atoms with Gasteiger partial charge in [0.1, 0.15) is 11.5 Å². The molecule has 1 unspecified atom stereocenters. The number of nitrogens with two attached hydrogens (primary N) is 1. The standard InChI is InChI=1S/C23H29N7O2/c1-15-4-8-30(17-3-2-7-25-20(15)17)22-21-16(12-27-22)28-18(13-26-21)29-9-5-23(14-24,6-10-29)11-19(31)32/h2-3,7,13,15H,4-6,8-12,14,24H2,1H3,(H,31,32). The van der Waals surface area contributed by atoms with Crippen LogP contribution in [0.5, 0.6) is 0 Å². The van der Waals surface area contributed by atoms with Crippen LogP contribution in [0, 0.1) is 5.41 Å². The number of aliphatic carboxylic acids is 1. The summed E-state index contributed by atoms with van der Waals surface area (Å²) in [7, 11) is 0. The number of amidine groups is 1. The molecule has 2 aromatic heterocycles. The summed E-state index contributed by atoms with van der Waals surface area (Å²) in [4.78, 5) is 34.7. The minimum absolute atomic E-state index is 0.120. The molecular formula is C23H29N7O2. The molecule has 5 heterocycles. The van der Waals surface area contributed by atoms with Gasteiger partial charge in [0, 0.05) is 31.7 Å². The van der Waals surface area contributed by atoms with Crippen LogP contribution in [0.4, 0.5) is 11.5 Å². The van der Waals surface area contributed by atoms with Crippen LogP contribution < -0.4 is 15.5 Å². The minimum atomic E-state index is -0.783. The number of aliphatic imine (C=N–C) groups is 1. The van der Waals surface area contributed by atoms with Gasteiger partial charge in [-0.1, -0.05) is 6.92 Å². The van der Waals surface area contributed by atoms with Gasteiger partial charge in [0.15, 0.2) is 5.84 Å². The topological polar surface area (TPSA) is 121 Å². The molecule has 0 aromatic carbocycles. The number of nitrogens with zero attached hydrogens (tertiary/aromatic N) is 6. The number of carboxylic acids is 1. The van der Waals surface area contributed by atoms with Gasteiger partial charge >= 0.3 is 5.97 Å². The maximum absolute atomic E-state index is 11.3. The van der Waals surface area contributed by atoms with Crippen molar-refractivity contribution in [1.29, 1.82) is 0 Å². The van der Waals surface area contributed by atoms with E-state index in [9.17, 15) is 9.90 Å². The summed E-state index contributed by atoms with van der Waals surface area (Å²) in [6.45, 7) is 5.48. The zero-order valence-corrected chi connectivity index (χ0v) is 18.4. The van der Waals surface area contributed by atoms with Crippen LogP contribution in [0.25, 0.3) is 0 Å². The first-order valence-corrected chi connectivity index (χ1v) is 11.3. The second-order valence-corrected chi connectivity index (χ2v) is 9.17. The second kappa shape index (κ2) is 8.12. The van der Waals surface area contributed by atoms with Crippen LogP contribution in [0.1, 0.15) is 55.6 Å². The van der Waals surface area contributed by atoms with E-state index in [2.05, 4.69) is 27.8 Å². The van der Waals surface area contributed by atoms with E-state index in [1.54, 1.807) is 0 Å². The number of fused-ring (bicyclic) bond motifs is 2. The van der Waals surface area contributed by atoms with E-state index in [0.717, 1.165) is 73.3 Å². The van der Waals surface area contributed by atoms with Gasteiger partial charge in [0.05, 0.1) is 36.2 Å². The third-order valence-electron chi connectivity index (χ3n) is 7.14. The molecule has 3 N–H and O–H groups in total. The van der Waals surface area contributed by atoms with Crippen LogP contribution in [0.3, 0.4) is 0 Å². The number of pyridine rings is 1. The molecule has 1 fully saturated rings. The fraction of sp³-hybridized carbons (Fsp3) is 0.522. The molecule has 1 atom stereocenters. The number of rotatable bonds is 4. The lowest BCUT2D eigenvalue weighted by Gasteiger charge is -2.40. The maximum Gasteiger partial charge on any atom is 0.303 e. The molecule has 2 aromatic rings. The Bertz CT molecular complexity index is 1060. The molecule has 0 bridgehead atoms. The lowest BCUT2D eigenvalue weighted by atomic mass is 9.76. The average Bonchev–Trinajstić information content (AvgIpc) is 3.23. The number of carboxylic acid groups (broad SMARTS) is 1. The smallest absolute Gasteiger partial charge is 0.303 e. The van der Waals surface area contributed by atoms with Crippen molar-refractivity contribution in [2.75, 3.05) is 36.0 Å². The lowest BCUT2D eigenvalue weighted by molar-refractivity contribution is -0.140. The quantitative estimate of drug-likeness (QED) is 0.749. The Kier molecular flexibility index (Phi) is 5.28. The molecule has 0 amide bonds. The second-order valence-electron chi connectivity index (χ2n) is 9.17. The summed E-state index contributed by atoms with van der Waals surface area (Å²) in [5, 5.41) is 9.25. The van der Waals surface area contributed by atoms with Crippen molar-refractivity contribution >= 4 is 23.3 Å². The number of hydrogen-bond donors (Lipinski definition) is 2. The summed E-state index contributed by atoms with van der Waals surface area (Å²) in [6, 6.07) is 4.08. The van der Waals surface area contributed by atoms with E-state index in [0.29, 0.717) is 19.0 Å². The van der Waals surface area contributed by atoms with Gasteiger partial charge in [0.2, 0.25) is 0 Å². The highest BCUT2D eigenvalue weighted by molar-refractivity contribution is 6.11. The molecule has 168 valence electrons. The van der Waals surface area contributed by atoms with Crippen molar-refractivity contribution in [2.45, 2.75) is 45.1 Å². The van der Waals surface area contributed by atoms with Crippen molar-refractivity contribution in [3.63, 3.8) is 0 Å². The molecule has 0 saturated carbocycles. The number of carbonyl (C=O) groups is 1. The Morgan fingerprint density at radius 2 is 2.09 bits per heavy atom. The van der Waals surface area contributed by atoms with Crippen LogP contribution in [-0.4, -0.2) is 58.0 Å². The summed E-state index contributed by atoms with van der Waals surface area (Å²) >= 11 is 0. The monoisotopic (exact) mass is 435 g/mol. The van der Waals surface area contributed by atoms with Crippen LogP contribution >= 0.6 is 0 Å². The van der Waals surface area contributed by atoms with E-state index >= 15 is 0 Å². The third-order valence-corrected chi connectivity index (χ3v) is 7.14. The molecule has 32 heavy (non-hydrogen) atoms. The predicted molar refractivity (Wildman–Crippen MR) is 122 cm³/mol. The molecule has 9 nitrogen and oxygen atoms in total. The highest BCUT2D eigenvalue weighted by atomic mass is 16.4. The van der Waals surface area contributed by atoms with E-state index in [1.165, 1.54) is 0 Å². The first-order valence-electron chi connectivity index (χ1n) is 11.3. The van der Waals surface area contributed by atoms with E-state index in [1.807, 2.05) is 18.5 Å². The van der Waals surface area contributed by atoms with Crippen molar-refractivity contribution in [3.05, 3.63) is 41.6 Å². The van der Waals surface area contributed by atoms with Gasteiger partial charge in [0.25, 0.3) is 0 Å². The van der Waals surface area contributed by atoms with Gasteiger partial charge in [-0.15, -0.1) is 0 Å². The van der Waals surface area contributed by atoms with Gasteiger partial charge in [-0.3, -0.25) is 14.8 Å². The Morgan fingerprint density at radius 1 is 1.28 bits per heavy atom. The molecule has 5 rings (SSSR count). The largest absolute Gasteiger partial charge is 0.481 e. The fourth-order valence-electron chi connectivity index (χ4n) is 5.11. The lowest BCUT2D eigenvalue weighted by Crippen LogP contribution is -2.45. The summed E-state index contributed by atoms with van der Waals surface area (Å²) < 4.78 is 0. The normalized spacial score (nSPS) is 21.7. The van der Waals surface area contributed by atoms with Gasteiger partial charge in [-0.2, -0.15) is 0 Å². The number of piperidine rings is 1. The SMILES string of the molecule is CC1CCN(C2=NCc3nc(N4CCC(CN)(CC(=O)O)CC4)cnc32)c2cccnc21. The van der Waals surface area contributed by atoms with Crippen LogP contribution in [-0.2, 0) is 11.3 Å². The molecule has 0 spiro atoms. The molecule has 0 aliphatic carbocycles. The first kappa shape index (κ1) is 20.8. The summed E-state index contributed by atoms with van der Waals surface area (Å²) in [5.41, 5.74) is 9.57. The van der Waals surface area contributed by atoms with Crippen LogP contribution in [0.15, 0.2) is 29.5 Å². The fourth-order valence-corrected chi connectivity index (χ4v) is 5.11. The van der Waals surface area contributed by atoms with Crippen molar-refractivity contribution in [3.8, 4) is 0 Å². The third kappa shape index (κ3) is 3.60. The van der Waals surface area contributed by atoms with Crippen molar-refractivity contribution < 1.29 is 9.90 Å². The predicted octanol–water partition coefficient (Wildman–Crippen LogP) is 2.17. The number of aromatic nitrogens is 3.